The van der Waals surface area contributed by atoms with Gasteiger partial charge in [-0.25, -0.2) is 0 Å². The maximum atomic E-state index is 13.1. The molecule has 0 aromatic heterocycles. The number of anilines is 1. The normalized spacial score (nSPS) is 18.3. The third kappa shape index (κ3) is 3.58. The Balaban J connectivity index is 1.90. The van der Waals surface area contributed by atoms with Crippen LogP contribution in [-0.4, -0.2) is 17.3 Å². The fourth-order valence-corrected chi connectivity index (χ4v) is 4.38. The van der Waals surface area contributed by atoms with Crippen molar-refractivity contribution in [3.05, 3.63) is 86.9 Å². The molecule has 162 valence electrons. The summed E-state index contributed by atoms with van der Waals surface area (Å²) in [6.07, 6.45) is 1.61. The Bertz CT molecular complexity index is 1190. The van der Waals surface area contributed by atoms with Gasteiger partial charge in [0.2, 0.25) is 0 Å². The van der Waals surface area contributed by atoms with Crippen LogP contribution in [0.4, 0.5) is 11.4 Å². The molecule has 0 radical (unpaired) electrons. The quantitative estimate of drug-likeness (QED) is 0.554. The van der Waals surface area contributed by atoms with Gasteiger partial charge in [-0.2, -0.15) is 5.26 Å². The van der Waals surface area contributed by atoms with E-state index in [4.69, 9.17) is 10.5 Å². The molecule has 8 heteroatoms. The number of hydrogen-bond acceptors (Lipinski definition) is 7. The van der Waals surface area contributed by atoms with Crippen LogP contribution in [0.2, 0.25) is 0 Å². The van der Waals surface area contributed by atoms with E-state index in [1.54, 1.807) is 17.0 Å². The molecular formula is C24H22N4O4. The summed E-state index contributed by atoms with van der Waals surface area (Å²) in [5, 5.41) is 21.3. The van der Waals surface area contributed by atoms with E-state index in [0.717, 1.165) is 5.56 Å². The van der Waals surface area contributed by atoms with Gasteiger partial charge in [0.25, 0.3) is 5.69 Å². The predicted octanol–water partition coefficient (Wildman–Crippen LogP) is 4.30. The van der Waals surface area contributed by atoms with E-state index in [0.29, 0.717) is 48.6 Å². The molecule has 1 heterocycles. The number of non-ortho nitro benzene ring substituents is 1. The lowest BCUT2D eigenvalue weighted by molar-refractivity contribution is -0.384. The molecule has 2 N–H and O–H groups in total. The Morgan fingerprint density at radius 3 is 2.66 bits per heavy atom. The molecular weight excluding hydrogens is 408 g/mol. The molecule has 0 amide bonds. The van der Waals surface area contributed by atoms with Gasteiger partial charge in [0.1, 0.15) is 11.6 Å². The van der Waals surface area contributed by atoms with Crippen LogP contribution in [0.1, 0.15) is 37.7 Å². The SMILES string of the molecule is CCOc1ccc([C@@H]2C(C#N)=C(N)N(c3cccc([N+](=O)[O-])c3)C3=C2C(=O)CCC3)cc1. The third-order valence-electron chi connectivity index (χ3n) is 5.74. The predicted molar refractivity (Wildman–Crippen MR) is 119 cm³/mol. The molecule has 2 aliphatic rings. The average molecular weight is 430 g/mol. The van der Waals surface area contributed by atoms with Gasteiger partial charge < -0.3 is 10.5 Å². The van der Waals surface area contributed by atoms with Crippen molar-refractivity contribution in [2.45, 2.75) is 32.1 Å². The molecule has 4 rings (SSSR count). The molecule has 1 aliphatic heterocycles. The van der Waals surface area contributed by atoms with E-state index >= 15 is 0 Å². The number of carbonyl (C=O) groups is 1. The van der Waals surface area contributed by atoms with E-state index < -0.39 is 10.8 Å². The molecule has 1 aliphatic carbocycles. The van der Waals surface area contributed by atoms with Crippen molar-refractivity contribution in [2.24, 2.45) is 5.73 Å². The molecule has 2 aromatic rings. The summed E-state index contributed by atoms with van der Waals surface area (Å²) in [4.78, 5) is 25.6. The summed E-state index contributed by atoms with van der Waals surface area (Å²) in [6, 6.07) is 15.6. The Labute approximate surface area is 185 Å². The molecule has 0 saturated carbocycles. The lowest BCUT2D eigenvalue weighted by Gasteiger charge is -2.39. The topological polar surface area (TPSA) is 122 Å². The molecule has 8 nitrogen and oxygen atoms in total. The van der Waals surface area contributed by atoms with Gasteiger partial charge in [0.15, 0.2) is 5.78 Å². The number of allylic oxidation sites excluding steroid dienone is 3. The minimum absolute atomic E-state index is 0.0409. The summed E-state index contributed by atoms with van der Waals surface area (Å²) in [6.45, 7) is 2.43. The van der Waals surface area contributed by atoms with E-state index in [1.165, 1.54) is 12.1 Å². The molecule has 0 fully saturated rings. The van der Waals surface area contributed by atoms with Crippen LogP contribution in [0.25, 0.3) is 0 Å². The van der Waals surface area contributed by atoms with Crippen LogP contribution in [0.15, 0.2) is 71.2 Å². The van der Waals surface area contributed by atoms with Gasteiger partial charge in [0.05, 0.1) is 34.8 Å². The number of carbonyl (C=O) groups excluding carboxylic acids is 1. The molecule has 0 spiro atoms. The monoisotopic (exact) mass is 430 g/mol. The maximum absolute atomic E-state index is 13.1. The van der Waals surface area contributed by atoms with Crippen LogP contribution in [-0.2, 0) is 4.79 Å². The second kappa shape index (κ2) is 8.55. The third-order valence-corrected chi connectivity index (χ3v) is 5.74. The fraction of sp³-hybridized carbons (Fsp3) is 0.250. The number of ether oxygens (including phenoxy) is 1. The first-order valence-corrected chi connectivity index (χ1v) is 10.4. The van der Waals surface area contributed by atoms with Gasteiger partial charge in [0, 0.05) is 29.8 Å². The Kier molecular flexibility index (Phi) is 5.65. The first-order chi connectivity index (χ1) is 15.5. The van der Waals surface area contributed by atoms with Gasteiger partial charge in [-0.3, -0.25) is 19.8 Å². The van der Waals surface area contributed by atoms with Crippen LogP contribution in [0.3, 0.4) is 0 Å². The summed E-state index contributed by atoms with van der Waals surface area (Å²) in [5.41, 5.74) is 9.09. The van der Waals surface area contributed by atoms with Gasteiger partial charge in [-0.15, -0.1) is 0 Å². The van der Waals surface area contributed by atoms with Crippen molar-refractivity contribution in [2.75, 3.05) is 11.5 Å². The van der Waals surface area contributed by atoms with Gasteiger partial charge >= 0.3 is 0 Å². The number of Topliss-reactive ketones (excluding diaryl/α,β-unsaturated/α-hetero) is 1. The van der Waals surface area contributed by atoms with Crippen molar-refractivity contribution < 1.29 is 14.5 Å². The van der Waals surface area contributed by atoms with Crippen LogP contribution < -0.4 is 15.4 Å². The Morgan fingerprint density at radius 1 is 1.25 bits per heavy atom. The summed E-state index contributed by atoms with van der Waals surface area (Å²) >= 11 is 0. The summed E-state index contributed by atoms with van der Waals surface area (Å²) in [5.74, 6) is 0.250. The fourth-order valence-electron chi connectivity index (χ4n) is 4.38. The van der Waals surface area contributed by atoms with Crippen molar-refractivity contribution in [3.63, 3.8) is 0 Å². The number of hydrogen-bond donors (Lipinski definition) is 1. The number of ketones is 1. The van der Waals surface area contributed by atoms with E-state index in [9.17, 15) is 20.2 Å². The minimum atomic E-state index is -0.589. The van der Waals surface area contributed by atoms with Gasteiger partial charge in [-0.05, 0) is 43.5 Å². The minimum Gasteiger partial charge on any atom is -0.494 e. The van der Waals surface area contributed by atoms with Crippen molar-refractivity contribution in [3.8, 4) is 11.8 Å². The number of nitriles is 1. The Morgan fingerprint density at radius 2 is 2.00 bits per heavy atom. The summed E-state index contributed by atoms with van der Waals surface area (Å²) in [7, 11) is 0. The molecule has 1 atom stereocenters. The zero-order valence-corrected chi connectivity index (χ0v) is 17.6. The highest BCUT2D eigenvalue weighted by Crippen LogP contribution is 2.46. The van der Waals surface area contributed by atoms with Crippen molar-refractivity contribution in [1.29, 1.82) is 5.26 Å². The molecule has 0 bridgehead atoms. The van der Waals surface area contributed by atoms with Crippen LogP contribution >= 0.6 is 0 Å². The van der Waals surface area contributed by atoms with Crippen molar-refractivity contribution >= 4 is 17.2 Å². The molecule has 0 unspecified atom stereocenters. The highest BCUT2D eigenvalue weighted by atomic mass is 16.6. The Hall–Kier alpha value is -4.12. The molecule has 2 aromatic carbocycles. The van der Waals surface area contributed by atoms with Crippen molar-refractivity contribution in [1.82, 2.24) is 0 Å². The lowest BCUT2D eigenvalue weighted by atomic mass is 9.75. The number of nitro benzene ring substituents is 1. The van der Waals surface area contributed by atoms with E-state index in [-0.39, 0.29) is 22.9 Å². The number of nitrogens with zero attached hydrogens (tertiary/aromatic N) is 3. The van der Waals surface area contributed by atoms with Crippen LogP contribution in [0.5, 0.6) is 5.75 Å². The highest BCUT2D eigenvalue weighted by Gasteiger charge is 2.40. The largest absolute Gasteiger partial charge is 0.494 e. The molecule has 0 saturated heterocycles. The smallest absolute Gasteiger partial charge is 0.271 e. The number of nitrogens with two attached hydrogens (primary N) is 1. The van der Waals surface area contributed by atoms with Gasteiger partial charge in [-0.1, -0.05) is 18.2 Å². The van der Waals surface area contributed by atoms with E-state index in [2.05, 4.69) is 6.07 Å². The number of rotatable bonds is 5. The number of benzene rings is 2. The average Bonchev–Trinajstić information content (AvgIpc) is 2.79. The first kappa shape index (κ1) is 21.1. The molecule has 32 heavy (non-hydrogen) atoms. The second-order valence-electron chi connectivity index (χ2n) is 7.60. The zero-order chi connectivity index (χ0) is 22.8. The lowest BCUT2D eigenvalue weighted by Crippen LogP contribution is -2.38. The standard InChI is InChI=1S/C24H22N4O4/c1-2-32-18-11-9-15(10-12-18)22-19(14-25)24(26)27(20-7-4-8-21(29)23(20)22)16-5-3-6-17(13-16)28(30)31/h3,5-6,9-13,22H,2,4,7-8,26H2,1H3/t22-/m1/s1. The van der Waals surface area contributed by atoms with Crippen LogP contribution in [0, 0.1) is 21.4 Å². The van der Waals surface area contributed by atoms with E-state index in [1.807, 2.05) is 31.2 Å². The highest BCUT2D eigenvalue weighted by molar-refractivity contribution is 6.01. The number of nitro groups is 1. The maximum Gasteiger partial charge on any atom is 0.271 e. The zero-order valence-electron chi connectivity index (χ0n) is 17.6. The second-order valence-corrected chi connectivity index (χ2v) is 7.60. The first-order valence-electron chi connectivity index (χ1n) is 10.4. The summed E-state index contributed by atoms with van der Waals surface area (Å²) < 4.78 is 5.51.